The molecule has 2 saturated heterocycles. The molecular weight excluding hydrogens is 288 g/mol. The second-order valence-electron chi connectivity index (χ2n) is 6.86. The van der Waals surface area contributed by atoms with E-state index in [2.05, 4.69) is 0 Å². The molecule has 1 N–H and O–H groups in total. The van der Waals surface area contributed by atoms with Gasteiger partial charge < -0.3 is 14.7 Å². The zero-order chi connectivity index (χ0) is 16.5. The number of carboxylic acid groups (broad SMARTS) is 1. The Morgan fingerprint density at radius 1 is 1.00 bits per heavy atom. The lowest BCUT2D eigenvalue weighted by Crippen LogP contribution is -2.51. The Balaban J connectivity index is 2.08. The monoisotopic (exact) mass is 312 g/mol. The maximum absolute atomic E-state index is 12.7. The van der Waals surface area contributed by atoms with Gasteiger partial charge in [0.25, 0.3) is 0 Å². The van der Waals surface area contributed by atoms with Crippen LogP contribution in [0.2, 0.25) is 0 Å². The topological polar surface area (TPSA) is 87.2 Å². The van der Waals surface area contributed by atoms with Crippen LogP contribution in [0, 0.1) is 0 Å². The van der Waals surface area contributed by atoms with Crippen molar-refractivity contribution in [1.29, 1.82) is 0 Å². The summed E-state index contributed by atoms with van der Waals surface area (Å²) in [6.45, 7) is 6.24. The first-order valence-electron chi connectivity index (χ1n) is 7.73. The smallest absolute Gasteiger partial charge is 0.410 e. The van der Waals surface area contributed by atoms with Crippen molar-refractivity contribution < 1.29 is 24.2 Å². The predicted molar refractivity (Wildman–Crippen MR) is 78.3 cm³/mol. The summed E-state index contributed by atoms with van der Waals surface area (Å²) in [7, 11) is 0. The largest absolute Gasteiger partial charge is 0.480 e. The van der Waals surface area contributed by atoms with Crippen LogP contribution in [-0.2, 0) is 14.3 Å². The summed E-state index contributed by atoms with van der Waals surface area (Å²) in [5.74, 6) is -1.25. The number of carbonyl (C=O) groups excluding carboxylic acids is 2. The summed E-state index contributed by atoms with van der Waals surface area (Å²) in [5, 5.41) is 9.20. The number of nitrogens with zero attached hydrogens (tertiary/aromatic N) is 2. The van der Waals surface area contributed by atoms with E-state index in [9.17, 15) is 19.5 Å². The van der Waals surface area contributed by atoms with Crippen LogP contribution < -0.4 is 0 Å². The van der Waals surface area contributed by atoms with Crippen molar-refractivity contribution in [3.63, 3.8) is 0 Å². The Hall–Kier alpha value is -1.79. The van der Waals surface area contributed by atoms with Crippen molar-refractivity contribution in [2.75, 3.05) is 13.1 Å². The lowest BCUT2D eigenvalue weighted by atomic mass is 10.1. The van der Waals surface area contributed by atoms with Gasteiger partial charge in [0.15, 0.2) is 0 Å². The highest BCUT2D eigenvalue weighted by atomic mass is 16.6. The van der Waals surface area contributed by atoms with Gasteiger partial charge in [-0.1, -0.05) is 0 Å². The molecule has 2 atom stereocenters. The number of hydrogen-bond donors (Lipinski definition) is 1. The second kappa shape index (κ2) is 6.14. The van der Waals surface area contributed by atoms with E-state index in [0.29, 0.717) is 32.4 Å². The van der Waals surface area contributed by atoms with E-state index in [1.165, 1.54) is 9.80 Å². The molecular formula is C15H24N2O5. The maximum Gasteiger partial charge on any atom is 0.410 e. The molecule has 0 spiro atoms. The van der Waals surface area contributed by atoms with E-state index in [0.717, 1.165) is 6.42 Å². The third-order valence-electron chi connectivity index (χ3n) is 3.99. The highest BCUT2D eigenvalue weighted by Gasteiger charge is 2.43. The summed E-state index contributed by atoms with van der Waals surface area (Å²) in [6.07, 6.45) is 1.93. The Morgan fingerprint density at radius 2 is 1.55 bits per heavy atom. The Labute approximate surface area is 130 Å². The van der Waals surface area contributed by atoms with Gasteiger partial charge in [0.05, 0.1) is 0 Å². The average molecular weight is 312 g/mol. The summed E-state index contributed by atoms with van der Waals surface area (Å²) in [5.41, 5.74) is -0.621. The van der Waals surface area contributed by atoms with Crippen molar-refractivity contribution in [1.82, 2.24) is 9.80 Å². The zero-order valence-corrected chi connectivity index (χ0v) is 13.4. The molecule has 0 aromatic carbocycles. The molecule has 0 aliphatic carbocycles. The SMILES string of the molecule is CC(C)(C)OC(=O)N1CCC[C@H]1C(=O)N1CCCC1C(=O)O. The molecule has 7 nitrogen and oxygen atoms in total. The van der Waals surface area contributed by atoms with E-state index >= 15 is 0 Å². The van der Waals surface area contributed by atoms with Crippen LogP contribution in [0.15, 0.2) is 0 Å². The van der Waals surface area contributed by atoms with E-state index in [-0.39, 0.29) is 5.91 Å². The fourth-order valence-electron chi connectivity index (χ4n) is 3.04. The van der Waals surface area contributed by atoms with Crippen LogP contribution in [0.3, 0.4) is 0 Å². The lowest BCUT2D eigenvalue weighted by Gasteiger charge is -2.31. The van der Waals surface area contributed by atoms with Crippen molar-refractivity contribution in [2.45, 2.75) is 64.1 Å². The molecule has 2 aliphatic heterocycles. The minimum Gasteiger partial charge on any atom is -0.480 e. The number of carboxylic acids is 1. The van der Waals surface area contributed by atoms with Gasteiger partial charge in [0.1, 0.15) is 17.7 Å². The van der Waals surface area contributed by atoms with Crippen LogP contribution >= 0.6 is 0 Å². The highest BCUT2D eigenvalue weighted by Crippen LogP contribution is 2.26. The quantitative estimate of drug-likeness (QED) is 0.834. The lowest BCUT2D eigenvalue weighted by molar-refractivity contribution is -0.149. The van der Waals surface area contributed by atoms with Gasteiger partial charge in [0, 0.05) is 13.1 Å². The van der Waals surface area contributed by atoms with Gasteiger partial charge in [0.2, 0.25) is 5.91 Å². The molecule has 7 heteroatoms. The molecule has 2 rings (SSSR count). The number of likely N-dealkylation sites (tertiary alicyclic amines) is 2. The Bertz CT molecular complexity index is 471. The third kappa shape index (κ3) is 3.51. The van der Waals surface area contributed by atoms with E-state index < -0.39 is 29.7 Å². The molecule has 2 aliphatic rings. The van der Waals surface area contributed by atoms with Crippen molar-refractivity contribution in [3.8, 4) is 0 Å². The number of amides is 2. The molecule has 0 bridgehead atoms. The molecule has 22 heavy (non-hydrogen) atoms. The summed E-state index contributed by atoms with van der Waals surface area (Å²) in [4.78, 5) is 38.9. The molecule has 0 saturated carbocycles. The van der Waals surface area contributed by atoms with E-state index in [1.54, 1.807) is 20.8 Å². The Kier molecular flexibility index (Phi) is 4.63. The standard InChI is InChI=1S/C15H24N2O5/c1-15(2,3)22-14(21)17-9-4-6-10(17)12(18)16-8-5-7-11(16)13(19)20/h10-11H,4-9H2,1-3H3,(H,19,20)/t10-,11?/m0/s1. The first-order valence-corrected chi connectivity index (χ1v) is 7.73. The van der Waals surface area contributed by atoms with Gasteiger partial charge in [-0.05, 0) is 46.5 Å². The highest BCUT2D eigenvalue weighted by molar-refractivity contribution is 5.90. The minimum atomic E-state index is -0.979. The van der Waals surface area contributed by atoms with Gasteiger partial charge in [-0.15, -0.1) is 0 Å². The fourth-order valence-corrected chi connectivity index (χ4v) is 3.04. The van der Waals surface area contributed by atoms with Crippen molar-refractivity contribution in [3.05, 3.63) is 0 Å². The average Bonchev–Trinajstić information content (AvgIpc) is 3.05. The van der Waals surface area contributed by atoms with Crippen LogP contribution in [0.25, 0.3) is 0 Å². The van der Waals surface area contributed by atoms with E-state index in [1.807, 2.05) is 0 Å². The third-order valence-corrected chi connectivity index (χ3v) is 3.99. The molecule has 2 fully saturated rings. The molecule has 0 radical (unpaired) electrons. The summed E-state index contributed by atoms with van der Waals surface area (Å²) >= 11 is 0. The number of aliphatic carboxylic acids is 1. The molecule has 2 heterocycles. The molecule has 0 aromatic heterocycles. The normalized spacial score (nSPS) is 25.4. The van der Waals surface area contributed by atoms with Crippen LogP contribution in [0.1, 0.15) is 46.5 Å². The van der Waals surface area contributed by atoms with Crippen LogP contribution in [0.4, 0.5) is 4.79 Å². The molecule has 124 valence electrons. The minimum absolute atomic E-state index is 0.270. The number of ether oxygens (including phenoxy) is 1. The fraction of sp³-hybridized carbons (Fsp3) is 0.800. The van der Waals surface area contributed by atoms with Gasteiger partial charge in [-0.2, -0.15) is 0 Å². The molecule has 0 aromatic rings. The van der Waals surface area contributed by atoms with Gasteiger partial charge in [-0.3, -0.25) is 9.69 Å². The second-order valence-corrected chi connectivity index (χ2v) is 6.86. The number of hydrogen-bond acceptors (Lipinski definition) is 4. The first-order chi connectivity index (χ1) is 10.2. The summed E-state index contributed by atoms with van der Waals surface area (Å²) < 4.78 is 5.34. The molecule has 1 unspecified atom stereocenters. The van der Waals surface area contributed by atoms with Crippen molar-refractivity contribution in [2.24, 2.45) is 0 Å². The molecule has 2 amide bonds. The van der Waals surface area contributed by atoms with E-state index in [4.69, 9.17) is 4.74 Å². The van der Waals surface area contributed by atoms with Crippen LogP contribution in [0.5, 0.6) is 0 Å². The predicted octanol–water partition coefficient (Wildman–Crippen LogP) is 1.46. The van der Waals surface area contributed by atoms with Gasteiger partial charge in [-0.25, -0.2) is 9.59 Å². The summed E-state index contributed by atoms with van der Waals surface area (Å²) in [6, 6.07) is -1.37. The first kappa shape index (κ1) is 16.6. The number of carbonyl (C=O) groups is 3. The van der Waals surface area contributed by atoms with Gasteiger partial charge >= 0.3 is 12.1 Å². The van der Waals surface area contributed by atoms with Crippen molar-refractivity contribution >= 4 is 18.0 Å². The zero-order valence-electron chi connectivity index (χ0n) is 13.4. The Morgan fingerprint density at radius 3 is 2.09 bits per heavy atom. The van der Waals surface area contributed by atoms with Crippen LogP contribution in [-0.4, -0.2) is 63.7 Å². The maximum atomic E-state index is 12.7. The number of rotatable bonds is 2.